The Morgan fingerprint density at radius 1 is 1.13 bits per heavy atom. The fourth-order valence-electron chi connectivity index (χ4n) is 2.38. The first-order chi connectivity index (χ1) is 11.2. The highest BCUT2D eigenvalue weighted by atomic mass is 16.2. The number of amides is 1. The van der Waals surface area contributed by atoms with Gasteiger partial charge in [0.2, 0.25) is 5.91 Å². The quantitative estimate of drug-likeness (QED) is 0.808. The van der Waals surface area contributed by atoms with Gasteiger partial charge in [0.15, 0.2) is 0 Å². The van der Waals surface area contributed by atoms with E-state index in [2.05, 4.69) is 5.32 Å². The number of carbonyl (C=O) groups is 1. The fraction of sp³-hybridized carbons (Fsp3) is 0.0556. The van der Waals surface area contributed by atoms with E-state index in [9.17, 15) is 9.59 Å². The van der Waals surface area contributed by atoms with E-state index < -0.39 is 0 Å². The Morgan fingerprint density at radius 3 is 2.78 bits per heavy atom. The third-order valence-corrected chi connectivity index (χ3v) is 3.48. The molecule has 3 rings (SSSR count). The SMILES string of the molecule is N#Cc1cccc(NC(=O)Cn2ccc3ccccc3c2=O)c1. The van der Waals surface area contributed by atoms with Crippen LogP contribution in [0.1, 0.15) is 5.56 Å². The van der Waals surface area contributed by atoms with Crippen molar-refractivity contribution < 1.29 is 4.79 Å². The maximum absolute atomic E-state index is 12.4. The van der Waals surface area contributed by atoms with Crippen molar-refractivity contribution in [3.05, 3.63) is 76.7 Å². The van der Waals surface area contributed by atoms with Crippen LogP contribution in [0.2, 0.25) is 0 Å². The fourth-order valence-corrected chi connectivity index (χ4v) is 2.38. The Hall–Kier alpha value is -3.39. The number of hydrogen-bond acceptors (Lipinski definition) is 3. The van der Waals surface area contributed by atoms with Gasteiger partial charge in [-0.1, -0.05) is 24.3 Å². The average molecular weight is 303 g/mol. The molecule has 5 nitrogen and oxygen atoms in total. The lowest BCUT2D eigenvalue weighted by Gasteiger charge is -2.08. The topological polar surface area (TPSA) is 74.9 Å². The van der Waals surface area contributed by atoms with E-state index in [1.165, 1.54) is 4.57 Å². The molecular formula is C18H13N3O2. The zero-order chi connectivity index (χ0) is 16.2. The van der Waals surface area contributed by atoms with Crippen LogP contribution in [0.5, 0.6) is 0 Å². The smallest absolute Gasteiger partial charge is 0.258 e. The number of fused-ring (bicyclic) bond motifs is 1. The molecule has 1 heterocycles. The highest BCUT2D eigenvalue weighted by Crippen LogP contribution is 2.10. The number of nitrogens with zero attached hydrogens (tertiary/aromatic N) is 2. The molecule has 0 aliphatic heterocycles. The van der Waals surface area contributed by atoms with Crippen LogP contribution in [0.15, 0.2) is 65.6 Å². The summed E-state index contributed by atoms with van der Waals surface area (Å²) < 4.78 is 1.37. The number of nitrogens with one attached hydrogen (secondary N) is 1. The number of nitriles is 1. The summed E-state index contributed by atoms with van der Waals surface area (Å²) in [7, 11) is 0. The lowest BCUT2D eigenvalue weighted by molar-refractivity contribution is -0.116. The van der Waals surface area contributed by atoms with E-state index in [-0.39, 0.29) is 18.0 Å². The molecule has 5 heteroatoms. The predicted octanol–water partition coefficient (Wildman–Crippen LogP) is 2.51. The molecule has 0 aliphatic rings. The molecular weight excluding hydrogens is 290 g/mol. The maximum atomic E-state index is 12.4. The van der Waals surface area contributed by atoms with Gasteiger partial charge in [0.25, 0.3) is 5.56 Å². The summed E-state index contributed by atoms with van der Waals surface area (Å²) in [6.07, 6.45) is 1.61. The van der Waals surface area contributed by atoms with Crippen molar-refractivity contribution in [1.29, 1.82) is 5.26 Å². The zero-order valence-corrected chi connectivity index (χ0v) is 12.2. The number of benzene rings is 2. The van der Waals surface area contributed by atoms with Gasteiger partial charge in [0.1, 0.15) is 6.54 Å². The summed E-state index contributed by atoms with van der Waals surface area (Å²) >= 11 is 0. The first-order valence-electron chi connectivity index (χ1n) is 7.05. The minimum absolute atomic E-state index is 0.0829. The largest absolute Gasteiger partial charge is 0.324 e. The van der Waals surface area contributed by atoms with Gasteiger partial charge in [-0.3, -0.25) is 9.59 Å². The van der Waals surface area contributed by atoms with Crippen molar-refractivity contribution in [3.63, 3.8) is 0 Å². The van der Waals surface area contributed by atoms with Crippen molar-refractivity contribution in [2.45, 2.75) is 6.54 Å². The molecule has 0 spiro atoms. The summed E-state index contributed by atoms with van der Waals surface area (Å²) in [4.78, 5) is 24.5. The zero-order valence-electron chi connectivity index (χ0n) is 12.2. The van der Waals surface area contributed by atoms with Crippen LogP contribution < -0.4 is 10.9 Å². The molecule has 1 N–H and O–H groups in total. The monoisotopic (exact) mass is 303 g/mol. The van der Waals surface area contributed by atoms with Crippen molar-refractivity contribution >= 4 is 22.4 Å². The molecule has 0 aliphatic carbocycles. The van der Waals surface area contributed by atoms with Gasteiger partial charge < -0.3 is 9.88 Å². The van der Waals surface area contributed by atoms with Crippen LogP contribution in [0.3, 0.4) is 0 Å². The lowest BCUT2D eigenvalue weighted by Crippen LogP contribution is -2.27. The second kappa shape index (κ2) is 6.16. The highest BCUT2D eigenvalue weighted by Gasteiger charge is 2.07. The second-order valence-electron chi connectivity index (χ2n) is 5.08. The van der Waals surface area contributed by atoms with Crippen LogP contribution in [-0.2, 0) is 11.3 Å². The van der Waals surface area contributed by atoms with Crippen LogP contribution >= 0.6 is 0 Å². The molecule has 0 radical (unpaired) electrons. The molecule has 0 unspecified atom stereocenters. The Kier molecular flexibility index (Phi) is 3.89. The third-order valence-electron chi connectivity index (χ3n) is 3.48. The predicted molar refractivity (Wildman–Crippen MR) is 88.0 cm³/mol. The van der Waals surface area contributed by atoms with E-state index in [1.54, 1.807) is 48.7 Å². The Bertz CT molecular complexity index is 983. The summed E-state index contributed by atoms with van der Waals surface area (Å²) in [5, 5.41) is 13.0. The maximum Gasteiger partial charge on any atom is 0.258 e. The van der Waals surface area contributed by atoms with E-state index in [0.29, 0.717) is 16.6 Å². The van der Waals surface area contributed by atoms with Gasteiger partial charge >= 0.3 is 0 Å². The molecule has 3 aromatic rings. The summed E-state index contributed by atoms with van der Waals surface area (Å²) in [6.45, 7) is -0.0829. The number of anilines is 1. The average Bonchev–Trinajstić information content (AvgIpc) is 2.58. The molecule has 1 aromatic heterocycles. The van der Waals surface area contributed by atoms with Gasteiger partial charge in [-0.25, -0.2) is 0 Å². The van der Waals surface area contributed by atoms with Gasteiger partial charge in [-0.05, 0) is 35.7 Å². The lowest BCUT2D eigenvalue weighted by atomic mass is 10.2. The molecule has 0 saturated heterocycles. The molecule has 1 amide bonds. The molecule has 0 fully saturated rings. The highest BCUT2D eigenvalue weighted by molar-refractivity contribution is 5.91. The first kappa shape index (κ1) is 14.5. The molecule has 112 valence electrons. The number of aromatic nitrogens is 1. The standard InChI is InChI=1S/C18H13N3O2/c19-11-13-4-3-6-15(10-13)20-17(22)12-21-9-8-14-5-1-2-7-16(14)18(21)23/h1-10H,12H2,(H,20,22). The van der Waals surface area contributed by atoms with Crippen molar-refractivity contribution in [1.82, 2.24) is 4.57 Å². The second-order valence-corrected chi connectivity index (χ2v) is 5.08. The van der Waals surface area contributed by atoms with Crippen molar-refractivity contribution in [2.24, 2.45) is 0 Å². The number of rotatable bonds is 3. The first-order valence-corrected chi connectivity index (χ1v) is 7.05. The van der Waals surface area contributed by atoms with Gasteiger partial charge in [-0.2, -0.15) is 5.26 Å². The Labute approximate surface area is 132 Å². The van der Waals surface area contributed by atoms with Gasteiger partial charge in [0, 0.05) is 17.3 Å². The molecule has 0 saturated carbocycles. The van der Waals surface area contributed by atoms with Crippen LogP contribution in [0, 0.1) is 11.3 Å². The minimum atomic E-state index is -0.322. The van der Waals surface area contributed by atoms with Crippen molar-refractivity contribution in [3.8, 4) is 6.07 Å². The normalized spacial score (nSPS) is 10.2. The summed E-state index contributed by atoms with van der Waals surface area (Å²) in [5.74, 6) is -0.322. The molecule has 23 heavy (non-hydrogen) atoms. The van der Waals surface area contributed by atoms with Crippen LogP contribution in [-0.4, -0.2) is 10.5 Å². The minimum Gasteiger partial charge on any atom is -0.324 e. The molecule has 0 atom stereocenters. The van der Waals surface area contributed by atoms with Crippen molar-refractivity contribution in [2.75, 3.05) is 5.32 Å². The van der Waals surface area contributed by atoms with E-state index >= 15 is 0 Å². The van der Waals surface area contributed by atoms with E-state index in [1.807, 2.05) is 18.2 Å². The van der Waals surface area contributed by atoms with Gasteiger partial charge in [-0.15, -0.1) is 0 Å². The number of pyridine rings is 1. The molecule has 2 aromatic carbocycles. The van der Waals surface area contributed by atoms with Crippen LogP contribution in [0.25, 0.3) is 10.8 Å². The van der Waals surface area contributed by atoms with Crippen LogP contribution in [0.4, 0.5) is 5.69 Å². The Morgan fingerprint density at radius 2 is 1.96 bits per heavy atom. The summed E-state index contributed by atoms with van der Waals surface area (Å²) in [5.41, 5.74) is 0.789. The van der Waals surface area contributed by atoms with E-state index in [0.717, 1.165) is 5.39 Å². The third kappa shape index (κ3) is 3.11. The van der Waals surface area contributed by atoms with Gasteiger partial charge in [0.05, 0.1) is 11.6 Å². The van der Waals surface area contributed by atoms with E-state index in [4.69, 9.17) is 5.26 Å². The summed E-state index contributed by atoms with van der Waals surface area (Å²) in [6, 6.07) is 17.7. The number of carbonyl (C=O) groups excluding carboxylic acids is 1. The Balaban J connectivity index is 1.82. The molecule has 0 bridgehead atoms. The number of hydrogen-bond donors (Lipinski definition) is 1.